The minimum absolute atomic E-state index is 0.0489. The molecule has 10 heteroatoms. The molecule has 0 aliphatic carbocycles. The molecule has 0 saturated carbocycles. The van der Waals surface area contributed by atoms with Gasteiger partial charge in [0.05, 0.1) is 6.61 Å². The van der Waals surface area contributed by atoms with Gasteiger partial charge in [0.25, 0.3) is 5.56 Å². The maximum atomic E-state index is 12.9. The summed E-state index contributed by atoms with van der Waals surface area (Å²) in [5, 5.41) is 2.70. The number of anilines is 3. The first-order chi connectivity index (χ1) is 14.4. The lowest BCUT2D eigenvalue weighted by Gasteiger charge is -2.24. The van der Waals surface area contributed by atoms with Crippen LogP contribution in [-0.2, 0) is 20.9 Å². The number of benzene rings is 1. The Hall–Kier alpha value is -3.40. The average Bonchev–Trinajstić information content (AvgIpc) is 2.72. The van der Waals surface area contributed by atoms with E-state index in [2.05, 4.69) is 10.3 Å². The van der Waals surface area contributed by atoms with Crippen LogP contribution in [0.15, 0.2) is 39.9 Å². The van der Waals surface area contributed by atoms with E-state index in [1.165, 1.54) is 16.6 Å². The number of nitrogens with zero attached hydrogens (tertiary/aromatic N) is 2. The number of amides is 2. The number of hydrogen-bond acceptors (Lipinski definition) is 6. The molecule has 0 fully saturated rings. The summed E-state index contributed by atoms with van der Waals surface area (Å²) in [6.07, 6.45) is 0.388. The fraction of sp³-hybridized carbons (Fsp3) is 0.400. The van der Waals surface area contributed by atoms with Crippen LogP contribution >= 0.6 is 0 Å². The Labute approximate surface area is 173 Å². The smallest absolute Gasteiger partial charge is 0.330 e. The van der Waals surface area contributed by atoms with Crippen LogP contribution in [0.2, 0.25) is 0 Å². The van der Waals surface area contributed by atoms with E-state index < -0.39 is 17.2 Å². The van der Waals surface area contributed by atoms with E-state index in [0.717, 1.165) is 0 Å². The summed E-state index contributed by atoms with van der Waals surface area (Å²) in [5.74, 6) is -0.906. The number of nitrogens with one attached hydrogen (secondary N) is 2. The van der Waals surface area contributed by atoms with Crippen molar-refractivity contribution in [3.8, 4) is 0 Å². The summed E-state index contributed by atoms with van der Waals surface area (Å²) >= 11 is 0. The zero-order valence-electron chi connectivity index (χ0n) is 17.1. The predicted octanol–water partition coefficient (Wildman–Crippen LogP) is 0.927. The fourth-order valence-electron chi connectivity index (χ4n) is 2.93. The molecule has 2 rings (SSSR count). The number of carbonyl (C=O) groups excluding carboxylic acids is 2. The molecule has 0 spiro atoms. The SMILES string of the molecule is CCCn1c(N)c(N(CCOC)C(=O)CCC(=O)Nc2ccccc2)c(=O)[nH]c1=O. The Morgan fingerprint density at radius 1 is 1.20 bits per heavy atom. The van der Waals surface area contributed by atoms with E-state index >= 15 is 0 Å². The number of nitrogen functional groups attached to an aromatic ring is 1. The molecule has 10 nitrogen and oxygen atoms in total. The van der Waals surface area contributed by atoms with Crippen molar-refractivity contribution in [1.29, 1.82) is 0 Å². The Kier molecular flexibility index (Phi) is 8.36. The standard InChI is InChI=1S/C20H27N5O5/c1-3-11-25-18(21)17(19(28)23-20(25)29)24(12-13-30-2)16(27)10-9-15(26)22-14-7-5-4-6-8-14/h4-8H,3,9-13,21H2,1-2H3,(H,22,26)(H,23,28,29). The molecule has 4 N–H and O–H groups in total. The van der Waals surface area contributed by atoms with Gasteiger partial charge in [-0.25, -0.2) is 4.79 Å². The number of H-pyrrole nitrogens is 1. The van der Waals surface area contributed by atoms with Crippen LogP contribution in [-0.4, -0.2) is 41.6 Å². The Balaban J connectivity index is 2.22. The maximum Gasteiger partial charge on any atom is 0.330 e. The van der Waals surface area contributed by atoms with Crippen LogP contribution in [0.4, 0.5) is 17.2 Å². The second-order valence-corrected chi connectivity index (χ2v) is 6.60. The first-order valence-corrected chi connectivity index (χ1v) is 9.65. The highest BCUT2D eigenvalue weighted by Gasteiger charge is 2.24. The van der Waals surface area contributed by atoms with E-state index in [1.54, 1.807) is 24.3 Å². The second-order valence-electron chi connectivity index (χ2n) is 6.60. The van der Waals surface area contributed by atoms with Gasteiger partial charge in [0.2, 0.25) is 11.8 Å². The highest BCUT2D eigenvalue weighted by atomic mass is 16.5. The molecule has 162 valence electrons. The molecule has 0 bridgehead atoms. The molecule has 0 radical (unpaired) electrons. The lowest BCUT2D eigenvalue weighted by molar-refractivity contribution is -0.122. The molecule has 0 aliphatic rings. The van der Waals surface area contributed by atoms with Crippen molar-refractivity contribution in [2.24, 2.45) is 0 Å². The van der Waals surface area contributed by atoms with Gasteiger partial charge < -0.3 is 20.7 Å². The Morgan fingerprint density at radius 2 is 1.90 bits per heavy atom. The monoisotopic (exact) mass is 417 g/mol. The summed E-state index contributed by atoms with van der Waals surface area (Å²) in [6, 6.07) is 8.87. The molecule has 2 aromatic rings. The van der Waals surface area contributed by atoms with Gasteiger partial charge in [-0.15, -0.1) is 0 Å². The molecule has 1 aromatic heterocycles. The molecular formula is C20H27N5O5. The van der Waals surface area contributed by atoms with Crippen LogP contribution in [0.1, 0.15) is 26.2 Å². The Morgan fingerprint density at radius 3 is 2.53 bits per heavy atom. The lowest BCUT2D eigenvalue weighted by atomic mass is 10.2. The zero-order chi connectivity index (χ0) is 22.1. The van der Waals surface area contributed by atoms with E-state index in [4.69, 9.17) is 10.5 Å². The zero-order valence-corrected chi connectivity index (χ0v) is 17.1. The van der Waals surface area contributed by atoms with Crippen molar-refractivity contribution >= 4 is 29.0 Å². The van der Waals surface area contributed by atoms with Crippen molar-refractivity contribution in [3.63, 3.8) is 0 Å². The highest BCUT2D eigenvalue weighted by molar-refractivity contribution is 5.99. The molecule has 2 amide bonds. The van der Waals surface area contributed by atoms with E-state index in [9.17, 15) is 19.2 Å². The topological polar surface area (TPSA) is 140 Å². The van der Waals surface area contributed by atoms with Crippen molar-refractivity contribution in [2.45, 2.75) is 32.7 Å². The maximum absolute atomic E-state index is 12.9. The quantitative estimate of drug-likeness (QED) is 0.525. The number of hydrogen-bond donors (Lipinski definition) is 3. The number of aromatic amines is 1. The Bertz CT molecular complexity index is 983. The number of rotatable bonds is 10. The number of nitrogens with two attached hydrogens (primary N) is 1. The van der Waals surface area contributed by atoms with Crippen molar-refractivity contribution in [1.82, 2.24) is 9.55 Å². The van der Waals surface area contributed by atoms with E-state index in [-0.39, 0.29) is 43.4 Å². The molecule has 30 heavy (non-hydrogen) atoms. The third-order valence-electron chi connectivity index (χ3n) is 4.37. The van der Waals surface area contributed by atoms with Crippen LogP contribution in [0.25, 0.3) is 0 Å². The summed E-state index contributed by atoms with van der Waals surface area (Å²) < 4.78 is 6.25. The summed E-state index contributed by atoms with van der Waals surface area (Å²) in [6.45, 7) is 2.34. The molecule has 0 saturated heterocycles. The van der Waals surface area contributed by atoms with Gasteiger partial charge in [-0.1, -0.05) is 25.1 Å². The minimum Gasteiger partial charge on any atom is -0.383 e. The van der Waals surface area contributed by atoms with Crippen LogP contribution in [0.3, 0.4) is 0 Å². The largest absolute Gasteiger partial charge is 0.383 e. The normalized spacial score (nSPS) is 10.6. The minimum atomic E-state index is -0.761. The third-order valence-corrected chi connectivity index (χ3v) is 4.37. The van der Waals surface area contributed by atoms with Gasteiger partial charge in [-0.3, -0.25) is 23.9 Å². The summed E-state index contributed by atoms with van der Waals surface area (Å²) in [5.41, 5.74) is 5.18. The summed E-state index contributed by atoms with van der Waals surface area (Å²) in [4.78, 5) is 52.9. The van der Waals surface area contributed by atoms with Gasteiger partial charge in [0.15, 0.2) is 5.69 Å². The first kappa shape index (κ1) is 22.9. The predicted molar refractivity (Wildman–Crippen MR) is 115 cm³/mol. The summed E-state index contributed by atoms with van der Waals surface area (Å²) in [7, 11) is 1.46. The molecular weight excluding hydrogens is 390 g/mol. The van der Waals surface area contributed by atoms with Crippen molar-refractivity contribution in [2.75, 3.05) is 36.2 Å². The number of methoxy groups -OCH3 is 1. The second kappa shape index (κ2) is 11.0. The highest BCUT2D eigenvalue weighted by Crippen LogP contribution is 2.18. The first-order valence-electron chi connectivity index (χ1n) is 9.65. The average molecular weight is 417 g/mol. The number of ether oxygens (including phenoxy) is 1. The van der Waals surface area contributed by atoms with Gasteiger partial charge in [-0.05, 0) is 18.6 Å². The van der Waals surface area contributed by atoms with Gasteiger partial charge in [-0.2, -0.15) is 0 Å². The van der Waals surface area contributed by atoms with E-state index in [1.807, 2.05) is 13.0 Å². The van der Waals surface area contributed by atoms with Gasteiger partial charge >= 0.3 is 5.69 Å². The molecule has 0 atom stereocenters. The number of carbonyl (C=O) groups is 2. The van der Waals surface area contributed by atoms with Crippen molar-refractivity contribution in [3.05, 3.63) is 51.2 Å². The molecule has 0 unspecified atom stereocenters. The van der Waals surface area contributed by atoms with Crippen molar-refractivity contribution < 1.29 is 14.3 Å². The van der Waals surface area contributed by atoms with Crippen LogP contribution in [0.5, 0.6) is 0 Å². The van der Waals surface area contributed by atoms with Crippen LogP contribution < -0.4 is 27.2 Å². The number of aromatic nitrogens is 2. The fourth-order valence-corrected chi connectivity index (χ4v) is 2.93. The third kappa shape index (κ3) is 5.80. The number of para-hydroxylation sites is 1. The van der Waals surface area contributed by atoms with E-state index in [0.29, 0.717) is 18.7 Å². The molecule has 0 aliphatic heterocycles. The van der Waals surface area contributed by atoms with Gasteiger partial charge in [0.1, 0.15) is 5.82 Å². The lowest BCUT2D eigenvalue weighted by Crippen LogP contribution is -2.42. The van der Waals surface area contributed by atoms with Gasteiger partial charge in [0, 0.05) is 38.7 Å². The molecule has 1 heterocycles. The molecule has 1 aromatic carbocycles. The van der Waals surface area contributed by atoms with Crippen LogP contribution in [0, 0.1) is 0 Å².